The Balaban J connectivity index is 1.31. The third kappa shape index (κ3) is 4.81. The van der Waals surface area contributed by atoms with Gasteiger partial charge in [0.25, 0.3) is 0 Å². The highest BCUT2D eigenvalue weighted by Crippen LogP contribution is 2.61. The van der Waals surface area contributed by atoms with Gasteiger partial charge < -0.3 is 15.5 Å². The van der Waals surface area contributed by atoms with E-state index in [0.29, 0.717) is 42.2 Å². The highest BCUT2D eigenvalue weighted by molar-refractivity contribution is 7.15. The lowest BCUT2D eigenvalue weighted by molar-refractivity contribution is -0.161. The van der Waals surface area contributed by atoms with Crippen LogP contribution in [0.15, 0.2) is 36.7 Å². The number of carboxylic acids is 1. The molecule has 0 atom stereocenters. The van der Waals surface area contributed by atoms with E-state index >= 15 is 0 Å². The average molecular weight is 519 g/mol. The number of aromatic nitrogens is 3. The first-order chi connectivity index (χ1) is 16.9. The van der Waals surface area contributed by atoms with Crippen LogP contribution in [0.25, 0.3) is 10.6 Å². The lowest BCUT2D eigenvalue weighted by atomic mass is 9.52. The van der Waals surface area contributed by atoms with Gasteiger partial charge in [0.15, 0.2) is 0 Å². The summed E-state index contributed by atoms with van der Waals surface area (Å²) in [5.74, 6) is -0.654. The third-order valence-electron chi connectivity index (χ3n) is 7.20. The second-order valence-electron chi connectivity index (χ2n) is 9.99. The smallest absolute Gasteiger partial charge is 0.416 e. The summed E-state index contributed by atoms with van der Waals surface area (Å²) in [5.41, 5.74) is -0.425. The number of nitrogens with one attached hydrogen (secondary N) is 1. The molecule has 2 fully saturated rings. The number of carbonyl (C=O) groups is 1. The minimum absolute atomic E-state index is 0.0246. The van der Waals surface area contributed by atoms with E-state index in [9.17, 15) is 28.2 Å². The van der Waals surface area contributed by atoms with Gasteiger partial charge in [0.1, 0.15) is 22.2 Å². The van der Waals surface area contributed by atoms with E-state index in [1.54, 1.807) is 12.3 Å². The van der Waals surface area contributed by atoms with Gasteiger partial charge in [0, 0.05) is 12.4 Å². The first kappa shape index (κ1) is 24.6. The summed E-state index contributed by atoms with van der Waals surface area (Å²) in [7, 11) is 0. The van der Waals surface area contributed by atoms with Crippen molar-refractivity contribution in [1.29, 1.82) is 0 Å². The van der Waals surface area contributed by atoms with Gasteiger partial charge in [-0.15, -0.1) is 11.3 Å². The van der Waals surface area contributed by atoms with Crippen LogP contribution in [0.5, 0.6) is 0 Å². The number of halogens is 3. The molecule has 0 bridgehead atoms. The Bertz CT molecular complexity index is 1290. The zero-order valence-corrected chi connectivity index (χ0v) is 20.3. The fourth-order valence-electron chi connectivity index (χ4n) is 5.44. The third-order valence-corrected chi connectivity index (χ3v) is 8.41. The predicted molar refractivity (Wildman–Crippen MR) is 128 cm³/mol. The largest absolute Gasteiger partial charge is 0.481 e. The number of hydrogen-bond donors (Lipinski definition) is 3. The molecule has 3 heterocycles. The Kier molecular flexibility index (Phi) is 6.03. The number of rotatable bonds is 5. The number of nitrogens with zero attached hydrogens (tertiary/aromatic N) is 3. The minimum atomic E-state index is -4.47. The summed E-state index contributed by atoms with van der Waals surface area (Å²) in [6, 6.07) is 5.40. The monoisotopic (exact) mass is 518 g/mol. The van der Waals surface area contributed by atoms with Crippen LogP contribution in [-0.2, 0) is 16.6 Å². The molecule has 190 valence electrons. The number of carboxylic acid groups (broad SMARTS) is 1. The maximum absolute atomic E-state index is 13.0. The first-order valence-electron chi connectivity index (χ1n) is 11.7. The Labute approximate surface area is 209 Å². The molecule has 2 aliphatic rings. The van der Waals surface area contributed by atoms with Crippen LogP contribution in [0.2, 0.25) is 0 Å². The molecule has 7 nitrogen and oxygen atoms in total. The number of aliphatic hydroxyl groups is 1. The van der Waals surface area contributed by atoms with Crippen molar-refractivity contribution in [2.24, 2.45) is 11.3 Å². The van der Waals surface area contributed by atoms with Gasteiger partial charge in [0.2, 0.25) is 0 Å². The number of pyridine rings is 2. The molecule has 0 aliphatic heterocycles. The molecule has 0 saturated heterocycles. The summed E-state index contributed by atoms with van der Waals surface area (Å²) in [6.45, 7) is 1.86. The number of hydrogen-bond acceptors (Lipinski definition) is 7. The van der Waals surface area contributed by atoms with E-state index < -0.39 is 23.3 Å². The lowest BCUT2D eigenvalue weighted by Gasteiger charge is -2.55. The number of aliphatic carboxylic acids is 1. The van der Waals surface area contributed by atoms with E-state index in [-0.39, 0.29) is 17.2 Å². The van der Waals surface area contributed by atoms with Crippen LogP contribution < -0.4 is 5.32 Å². The Hall–Kier alpha value is -3.05. The van der Waals surface area contributed by atoms with Gasteiger partial charge in [-0.2, -0.15) is 13.2 Å². The van der Waals surface area contributed by atoms with Gasteiger partial charge in [-0.1, -0.05) is 0 Å². The van der Waals surface area contributed by atoms with Crippen molar-refractivity contribution in [1.82, 2.24) is 15.0 Å². The molecule has 1 spiro atoms. The van der Waals surface area contributed by atoms with Crippen LogP contribution in [0, 0.1) is 18.3 Å². The van der Waals surface area contributed by atoms with E-state index in [1.165, 1.54) is 11.3 Å². The molecule has 3 aromatic rings. The van der Waals surface area contributed by atoms with Gasteiger partial charge in [-0.3, -0.25) is 4.79 Å². The molecule has 2 saturated carbocycles. The van der Waals surface area contributed by atoms with Crippen LogP contribution >= 0.6 is 11.3 Å². The zero-order chi connectivity index (χ0) is 25.7. The molecule has 0 aromatic carbocycles. The highest BCUT2D eigenvalue weighted by atomic mass is 32.1. The van der Waals surface area contributed by atoms with E-state index in [4.69, 9.17) is 0 Å². The van der Waals surface area contributed by atoms with E-state index in [0.717, 1.165) is 41.6 Å². The van der Waals surface area contributed by atoms with Crippen molar-refractivity contribution in [3.05, 3.63) is 52.8 Å². The summed E-state index contributed by atoms with van der Waals surface area (Å²) in [6.07, 6.45) is 2.26. The van der Waals surface area contributed by atoms with Crippen molar-refractivity contribution in [2.45, 2.75) is 57.2 Å². The fourth-order valence-corrected chi connectivity index (χ4v) is 6.41. The topological polar surface area (TPSA) is 108 Å². The van der Waals surface area contributed by atoms with Crippen molar-refractivity contribution in [2.75, 3.05) is 5.32 Å². The highest BCUT2D eigenvalue weighted by Gasteiger charge is 2.57. The second-order valence-corrected chi connectivity index (χ2v) is 11.0. The zero-order valence-electron chi connectivity index (χ0n) is 19.5. The molecule has 3 aromatic heterocycles. The van der Waals surface area contributed by atoms with Gasteiger partial charge in [-0.05, 0) is 80.7 Å². The van der Waals surface area contributed by atoms with E-state index in [2.05, 4.69) is 20.3 Å². The van der Waals surface area contributed by atoms with Crippen molar-refractivity contribution in [3.63, 3.8) is 0 Å². The van der Waals surface area contributed by atoms with Crippen LogP contribution in [0.1, 0.15) is 54.7 Å². The summed E-state index contributed by atoms with van der Waals surface area (Å²) >= 11 is 1.34. The first-order valence-corrected chi connectivity index (χ1v) is 12.5. The summed E-state index contributed by atoms with van der Waals surface area (Å²) in [5, 5.41) is 23.9. The molecular formula is C25H25F3N4O3S. The van der Waals surface area contributed by atoms with Gasteiger partial charge in [0.05, 0.1) is 22.1 Å². The lowest BCUT2D eigenvalue weighted by Crippen LogP contribution is -2.51. The molecule has 2 aliphatic carbocycles. The standard InChI is InChI=1S/C25H25F3N4O3S/c1-14-8-17(31-20(9-14)32-19-10-16(4-7-29-19)25(26,27)28)18-11-30-22(36-18)24(35)12-23(13-24)5-2-15(3-6-23)21(33)34/h4,7-11,15,35H,2-3,5-6,12-13H2,1H3,(H,33,34)(H,29,31,32). The Morgan fingerprint density at radius 2 is 1.86 bits per heavy atom. The quantitative estimate of drug-likeness (QED) is 0.385. The molecule has 5 rings (SSSR count). The predicted octanol–water partition coefficient (Wildman–Crippen LogP) is 5.91. The minimum Gasteiger partial charge on any atom is -0.481 e. The molecule has 0 amide bonds. The average Bonchev–Trinajstić information content (AvgIpc) is 3.29. The number of aryl methyl sites for hydroxylation is 1. The number of thiazole rings is 1. The molecule has 0 radical (unpaired) electrons. The number of anilines is 2. The van der Waals surface area contributed by atoms with Crippen LogP contribution in [0.4, 0.5) is 24.8 Å². The van der Waals surface area contributed by atoms with Crippen LogP contribution in [-0.4, -0.2) is 31.1 Å². The Morgan fingerprint density at radius 1 is 1.14 bits per heavy atom. The van der Waals surface area contributed by atoms with Crippen molar-refractivity contribution < 1.29 is 28.2 Å². The summed E-state index contributed by atoms with van der Waals surface area (Å²) < 4.78 is 39.1. The summed E-state index contributed by atoms with van der Waals surface area (Å²) in [4.78, 5) is 25.0. The van der Waals surface area contributed by atoms with Crippen molar-refractivity contribution in [3.8, 4) is 10.6 Å². The van der Waals surface area contributed by atoms with Gasteiger partial charge in [-0.25, -0.2) is 15.0 Å². The number of alkyl halides is 3. The fraction of sp³-hybridized carbons (Fsp3) is 0.440. The van der Waals surface area contributed by atoms with E-state index in [1.807, 2.05) is 13.0 Å². The van der Waals surface area contributed by atoms with Crippen LogP contribution in [0.3, 0.4) is 0 Å². The maximum Gasteiger partial charge on any atom is 0.416 e. The molecule has 0 unspecified atom stereocenters. The Morgan fingerprint density at radius 3 is 2.53 bits per heavy atom. The molecule has 3 N–H and O–H groups in total. The maximum atomic E-state index is 13.0. The molecule has 36 heavy (non-hydrogen) atoms. The van der Waals surface area contributed by atoms with Gasteiger partial charge >= 0.3 is 12.1 Å². The normalized spacial score (nSPS) is 26.0. The molecule has 11 heteroatoms. The second kappa shape index (κ2) is 8.81. The molecular weight excluding hydrogens is 493 g/mol. The SMILES string of the molecule is Cc1cc(Nc2cc(C(F)(F)F)ccn2)nc(-c2cnc(C3(O)CC4(CCC(C(=O)O)CC4)C3)s2)c1. The van der Waals surface area contributed by atoms with Crippen molar-refractivity contribution >= 4 is 28.9 Å².